The van der Waals surface area contributed by atoms with Gasteiger partial charge in [-0.1, -0.05) is 6.92 Å². The Hall–Kier alpha value is -1.57. The molecule has 8 heteroatoms. The molecule has 1 fully saturated rings. The van der Waals surface area contributed by atoms with Gasteiger partial charge in [-0.3, -0.25) is 4.79 Å². The lowest BCUT2D eigenvalue weighted by Crippen LogP contribution is -2.39. The van der Waals surface area contributed by atoms with Gasteiger partial charge < -0.3 is 4.74 Å². The van der Waals surface area contributed by atoms with E-state index in [1.54, 1.807) is 4.68 Å². The van der Waals surface area contributed by atoms with Crippen LogP contribution in [0.2, 0.25) is 0 Å². The number of rotatable bonds is 4. The van der Waals surface area contributed by atoms with E-state index in [9.17, 15) is 13.2 Å². The SMILES string of the molecule is CCC1(S(=O)(=O)NC(=O)c2cnn3c2OCCC3)CC1. The number of nitrogens with zero attached hydrogens (tertiary/aromatic N) is 2. The van der Waals surface area contributed by atoms with Crippen molar-refractivity contribution in [3.05, 3.63) is 11.8 Å². The maximum absolute atomic E-state index is 12.2. The van der Waals surface area contributed by atoms with E-state index in [4.69, 9.17) is 4.74 Å². The molecule has 1 aliphatic carbocycles. The molecule has 2 heterocycles. The summed E-state index contributed by atoms with van der Waals surface area (Å²) in [6.07, 6.45) is 3.91. The molecule has 0 saturated heterocycles. The lowest BCUT2D eigenvalue weighted by molar-refractivity contribution is 0.0974. The van der Waals surface area contributed by atoms with E-state index >= 15 is 0 Å². The van der Waals surface area contributed by atoms with Crippen LogP contribution in [-0.2, 0) is 16.6 Å². The summed E-state index contributed by atoms with van der Waals surface area (Å²) >= 11 is 0. The van der Waals surface area contributed by atoms with Crippen molar-refractivity contribution in [1.82, 2.24) is 14.5 Å². The Morgan fingerprint density at radius 1 is 1.55 bits per heavy atom. The first-order valence-electron chi connectivity index (χ1n) is 6.74. The fraction of sp³-hybridized carbons (Fsp3) is 0.667. The Morgan fingerprint density at radius 2 is 2.30 bits per heavy atom. The molecular weight excluding hydrogens is 282 g/mol. The number of aryl methyl sites for hydroxylation is 1. The molecule has 1 saturated carbocycles. The fourth-order valence-electron chi connectivity index (χ4n) is 2.46. The van der Waals surface area contributed by atoms with Crippen molar-refractivity contribution < 1.29 is 17.9 Å². The van der Waals surface area contributed by atoms with Gasteiger partial charge in [-0.2, -0.15) is 5.10 Å². The highest BCUT2D eigenvalue weighted by Gasteiger charge is 2.53. The largest absolute Gasteiger partial charge is 0.477 e. The Labute approximate surface area is 117 Å². The number of fused-ring (bicyclic) bond motifs is 1. The quantitative estimate of drug-likeness (QED) is 0.882. The molecule has 3 rings (SSSR count). The van der Waals surface area contributed by atoms with Crippen LogP contribution in [0.4, 0.5) is 0 Å². The fourth-order valence-corrected chi connectivity index (χ4v) is 4.05. The minimum Gasteiger partial charge on any atom is -0.477 e. The Bertz CT molecular complexity index is 646. The van der Waals surface area contributed by atoms with Crippen LogP contribution in [-0.4, -0.2) is 35.5 Å². The van der Waals surface area contributed by atoms with Crippen molar-refractivity contribution in [2.45, 2.75) is 43.9 Å². The molecular formula is C12H17N3O4S. The zero-order valence-corrected chi connectivity index (χ0v) is 12.1. The second-order valence-corrected chi connectivity index (χ2v) is 7.34. The zero-order valence-electron chi connectivity index (χ0n) is 11.3. The number of amides is 1. The lowest BCUT2D eigenvalue weighted by Gasteiger charge is -2.17. The minimum absolute atomic E-state index is 0.181. The van der Waals surface area contributed by atoms with E-state index in [0.717, 1.165) is 6.42 Å². The van der Waals surface area contributed by atoms with Crippen molar-refractivity contribution in [1.29, 1.82) is 0 Å². The first-order valence-corrected chi connectivity index (χ1v) is 8.23. The van der Waals surface area contributed by atoms with Crippen molar-refractivity contribution in [3.8, 4) is 5.88 Å². The third-order valence-corrected chi connectivity index (χ3v) is 6.33. The van der Waals surface area contributed by atoms with E-state index in [1.165, 1.54) is 6.20 Å². The molecule has 0 radical (unpaired) electrons. The van der Waals surface area contributed by atoms with Gasteiger partial charge in [0.05, 0.1) is 17.6 Å². The smallest absolute Gasteiger partial charge is 0.271 e. The summed E-state index contributed by atoms with van der Waals surface area (Å²) in [5.74, 6) is -0.307. The first-order chi connectivity index (χ1) is 9.49. The molecule has 1 aromatic heterocycles. The summed E-state index contributed by atoms with van der Waals surface area (Å²) < 4.78 is 32.8. The van der Waals surface area contributed by atoms with E-state index in [1.807, 2.05) is 6.92 Å². The molecule has 7 nitrogen and oxygen atoms in total. The van der Waals surface area contributed by atoms with Crippen molar-refractivity contribution in [2.75, 3.05) is 6.61 Å². The van der Waals surface area contributed by atoms with Crippen LogP contribution in [0.15, 0.2) is 6.20 Å². The molecule has 2 aliphatic rings. The van der Waals surface area contributed by atoms with Crippen molar-refractivity contribution in [2.24, 2.45) is 0 Å². The number of hydrogen-bond donors (Lipinski definition) is 1. The lowest BCUT2D eigenvalue weighted by atomic mass is 10.3. The summed E-state index contributed by atoms with van der Waals surface area (Å²) in [5, 5.41) is 4.04. The van der Waals surface area contributed by atoms with Crippen LogP contribution in [0, 0.1) is 0 Å². The average Bonchev–Trinajstić information content (AvgIpc) is 3.12. The molecule has 1 aromatic rings. The third kappa shape index (κ3) is 1.98. The first kappa shape index (κ1) is 13.4. The number of carbonyl (C=O) groups excluding carboxylic acids is 1. The van der Waals surface area contributed by atoms with Gasteiger partial charge in [0.25, 0.3) is 5.91 Å². The van der Waals surface area contributed by atoms with Crippen molar-refractivity contribution >= 4 is 15.9 Å². The summed E-state index contributed by atoms with van der Waals surface area (Å²) in [4.78, 5) is 12.2. The highest BCUT2D eigenvalue weighted by atomic mass is 32.2. The van der Waals surface area contributed by atoms with E-state index in [0.29, 0.717) is 38.3 Å². The molecule has 1 N–H and O–H groups in total. The van der Waals surface area contributed by atoms with Crippen LogP contribution in [0.3, 0.4) is 0 Å². The minimum atomic E-state index is -3.64. The summed E-state index contributed by atoms with van der Waals surface area (Å²) in [6.45, 7) is 3.01. The maximum atomic E-state index is 12.2. The summed E-state index contributed by atoms with van der Waals surface area (Å²) in [7, 11) is -3.64. The van der Waals surface area contributed by atoms with Crippen LogP contribution in [0.1, 0.15) is 43.0 Å². The van der Waals surface area contributed by atoms with Gasteiger partial charge in [-0.25, -0.2) is 17.8 Å². The average molecular weight is 299 g/mol. The Kier molecular flexibility index (Phi) is 3.00. The van der Waals surface area contributed by atoms with Crippen molar-refractivity contribution in [3.63, 3.8) is 0 Å². The van der Waals surface area contributed by atoms with Gasteiger partial charge in [0.1, 0.15) is 5.56 Å². The third-order valence-electron chi connectivity index (χ3n) is 4.04. The van der Waals surface area contributed by atoms with Gasteiger partial charge in [0.15, 0.2) is 0 Å². The van der Waals surface area contributed by atoms with Crippen LogP contribution < -0.4 is 9.46 Å². The second kappa shape index (κ2) is 4.47. The number of sulfonamides is 1. The monoisotopic (exact) mass is 299 g/mol. The maximum Gasteiger partial charge on any atom is 0.271 e. The van der Waals surface area contributed by atoms with E-state index in [-0.39, 0.29) is 5.56 Å². The van der Waals surface area contributed by atoms with E-state index < -0.39 is 20.7 Å². The van der Waals surface area contributed by atoms with Gasteiger partial charge >= 0.3 is 0 Å². The number of nitrogens with one attached hydrogen (secondary N) is 1. The standard InChI is InChI=1S/C12H17N3O4S/c1-2-12(4-5-12)20(17,18)14-10(16)9-8-13-15-6-3-7-19-11(9)15/h8H,2-7H2,1H3,(H,14,16). The summed E-state index contributed by atoms with van der Waals surface area (Å²) in [6, 6.07) is 0. The van der Waals surface area contributed by atoms with Gasteiger partial charge in [-0.15, -0.1) is 0 Å². The summed E-state index contributed by atoms with van der Waals surface area (Å²) in [5.41, 5.74) is 0.181. The van der Waals surface area contributed by atoms with Gasteiger partial charge in [0.2, 0.25) is 15.9 Å². The van der Waals surface area contributed by atoms with Crippen LogP contribution >= 0.6 is 0 Å². The van der Waals surface area contributed by atoms with Crippen LogP contribution in [0.5, 0.6) is 5.88 Å². The van der Waals surface area contributed by atoms with Crippen LogP contribution in [0.25, 0.3) is 0 Å². The molecule has 0 unspecified atom stereocenters. The number of carbonyl (C=O) groups is 1. The van der Waals surface area contributed by atoms with Gasteiger partial charge in [0, 0.05) is 13.0 Å². The predicted octanol–water partition coefficient (Wildman–Crippen LogP) is 0.668. The molecule has 1 aliphatic heterocycles. The molecule has 0 aromatic carbocycles. The normalized spacial score (nSPS) is 19.9. The number of hydrogen-bond acceptors (Lipinski definition) is 5. The van der Waals surface area contributed by atoms with Gasteiger partial charge in [-0.05, 0) is 19.3 Å². The number of aromatic nitrogens is 2. The topological polar surface area (TPSA) is 90.3 Å². The highest BCUT2D eigenvalue weighted by Crippen LogP contribution is 2.45. The molecule has 20 heavy (non-hydrogen) atoms. The molecule has 0 spiro atoms. The second-order valence-electron chi connectivity index (χ2n) is 5.26. The molecule has 110 valence electrons. The Morgan fingerprint density at radius 3 is 2.95 bits per heavy atom. The molecule has 1 amide bonds. The molecule has 0 atom stereocenters. The predicted molar refractivity (Wildman–Crippen MR) is 71.0 cm³/mol. The zero-order chi connectivity index (χ0) is 14.4. The Balaban J connectivity index is 1.82. The van der Waals surface area contributed by atoms with E-state index in [2.05, 4.69) is 9.82 Å². The highest BCUT2D eigenvalue weighted by molar-refractivity contribution is 7.91. The number of ether oxygens (including phenoxy) is 1. The molecule has 0 bridgehead atoms.